The zero-order valence-corrected chi connectivity index (χ0v) is 7.63. The Hall–Kier alpha value is -1.03. The Morgan fingerprint density at radius 1 is 1.83 bits per heavy atom. The summed E-state index contributed by atoms with van der Waals surface area (Å²) in [5.74, 6) is -0.190. The van der Waals surface area contributed by atoms with Crippen LogP contribution in [0.4, 0.5) is 0 Å². The van der Waals surface area contributed by atoms with Crippen LogP contribution >= 0.6 is 11.6 Å². The van der Waals surface area contributed by atoms with Gasteiger partial charge >= 0.3 is 5.97 Å². The van der Waals surface area contributed by atoms with E-state index in [2.05, 4.69) is 9.84 Å². The standard InChI is InChI=1S/C7H9ClN2O2/c1-10-4-5(7(11)12-2)6(3-8)9-10/h4H,3H2,1-2H3. The maximum Gasteiger partial charge on any atom is 0.341 e. The van der Waals surface area contributed by atoms with E-state index in [0.29, 0.717) is 11.3 Å². The fourth-order valence-electron chi connectivity index (χ4n) is 0.914. The van der Waals surface area contributed by atoms with Crippen molar-refractivity contribution in [3.8, 4) is 0 Å². The average Bonchev–Trinajstić information content (AvgIpc) is 2.45. The molecule has 12 heavy (non-hydrogen) atoms. The Balaban J connectivity index is 3.04. The maximum atomic E-state index is 11.1. The van der Waals surface area contributed by atoms with Gasteiger partial charge < -0.3 is 4.74 Å². The molecule has 0 radical (unpaired) electrons. The van der Waals surface area contributed by atoms with Crippen molar-refractivity contribution in [3.05, 3.63) is 17.5 Å². The topological polar surface area (TPSA) is 44.1 Å². The second-order valence-electron chi connectivity index (χ2n) is 2.29. The fourth-order valence-corrected chi connectivity index (χ4v) is 1.11. The Labute approximate surface area is 75.1 Å². The monoisotopic (exact) mass is 188 g/mol. The van der Waals surface area contributed by atoms with Gasteiger partial charge in [0.25, 0.3) is 0 Å². The number of hydrogen-bond donors (Lipinski definition) is 0. The van der Waals surface area contributed by atoms with Gasteiger partial charge in [0.2, 0.25) is 0 Å². The van der Waals surface area contributed by atoms with Gasteiger partial charge in [0.1, 0.15) is 5.56 Å². The summed E-state index contributed by atoms with van der Waals surface area (Å²) in [4.78, 5) is 11.1. The molecule has 0 saturated heterocycles. The minimum atomic E-state index is -0.404. The van der Waals surface area contributed by atoms with Crippen molar-refractivity contribution in [2.45, 2.75) is 5.88 Å². The van der Waals surface area contributed by atoms with E-state index in [1.807, 2.05) is 0 Å². The van der Waals surface area contributed by atoms with Gasteiger partial charge in [-0.15, -0.1) is 11.6 Å². The van der Waals surface area contributed by atoms with Crippen LogP contribution in [0.15, 0.2) is 6.20 Å². The highest BCUT2D eigenvalue weighted by molar-refractivity contribution is 6.17. The molecule has 4 nitrogen and oxygen atoms in total. The van der Waals surface area contributed by atoms with Crippen molar-refractivity contribution in [2.75, 3.05) is 7.11 Å². The highest BCUT2D eigenvalue weighted by atomic mass is 35.5. The summed E-state index contributed by atoms with van der Waals surface area (Å²) < 4.78 is 6.07. The van der Waals surface area contributed by atoms with Crippen molar-refractivity contribution < 1.29 is 9.53 Å². The van der Waals surface area contributed by atoms with E-state index < -0.39 is 5.97 Å². The zero-order chi connectivity index (χ0) is 9.14. The second-order valence-corrected chi connectivity index (χ2v) is 2.56. The maximum absolute atomic E-state index is 11.1. The number of hydrogen-bond acceptors (Lipinski definition) is 3. The quantitative estimate of drug-likeness (QED) is 0.513. The van der Waals surface area contributed by atoms with Gasteiger partial charge in [-0.1, -0.05) is 0 Å². The van der Waals surface area contributed by atoms with E-state index in [0.717, 1.165) is 0 Å². The molecule has 0 fully saturated rings. The minimum Gasteiger partial charge on any atom is -0.465 e. The number of rotatable bonds is 2. The lowest BCUT2D eigenvalue weighted by Gasteiger charge is -1.94. The molecular weight excluding hydrogens is 180 g/mol. The first-order valence-electron chi connectivity index (χ1n) is 3.36. The molecule has 66 valence electrons. The van der Waals surface area contributed by atoms with Crippen LogP contribution in [-0.2, 0) is 17.7 Å². The number of carbonyl (C=O) groups excluding carboxylic acids is 1. The first-order valence-corrected chi connectivity index (χ1v) is 3.89. The number of carbonyl (C=O) groups is 1. The van der Waals surface area contributed by atoms with Gasteiger partial charge in [0.05, 0.1) is 18.7 Å². The van der Waals surface area contributed by atoms with Gasteiger partial charge in [0.15, 0.2) is 0 Å². The van der Waals surface area contributed by atoms with E-state index in [4.69, 9.17) is 11.6 Å². The van der Waals surface area contributed by atoms with Crippen LogP contribution in [0, 0.1) is 0 Å². The van der Waals surface area contributed by atoms with E-state index in [9.17, 15) is 4.79 Å². The van der Waals surface area contributed by atoms with Crippen LogP contribution in [0.3, 0.4) is 0 Å². The third-order valence-corrected chi connectivity index (χ3v) is 1.69. The van der Waals surface area contributed by atoms with E-state index >= 15 is 0 Å². The minimum absolute atomic E-state index is 0.214. The number of ether oxygens (including phenoxy) is 1. The van der Waals surface area contributed by atoms with Gasteiger partial charge in [0, 0.05) is 13.2 Å². The van der Waals surface area contributed by atoms with Gasteiger partial charge in [-0.25, -0.2) is 4.79 Å². The molecule has 0 aliphatic heterocycles. The summed E-state index contributed by atoms with van der Waals surface area (Å²) in [6.07, 6.45) is 1.59. The van der Waals surface area contributed by atoms with Crippen molar-refractivity contribution in [3.63, 3.8) is 0 Å². The lowest BCUT2D eigenvalue weighted by Crippen LogP contribution is -2.02. The first kappa shape index (κ1) is 9.06. The molecule has 0 atom stereocenters. The predicted molar refractivity (Wildman–Crippen MR) is 44.1 cm³/mol. The molecule has 5 heteroatoms. The molecule has 0 N–H and O–H groups in total. The summed E-state index contributed by atoms with van der Waals surface area (Å²) in [5, 5.41) is 3.98. The number of halogens is 1. The summed E-state index contributed by atoms with van der Waals surface area (Å²) in [6, 6.07) is 0. The Morgan fingerprint density at radius 3 is 3.00 bits per heavy atom. The molecule has 0 bridgehead atoms. The number of methoxy groups -OCH3 is 1. The van der Waals surface area contributed by atoms with E-state index in [1.54, 1.807) is 13.2 Å². The summed E-state index contributed by atoms with van der Waals surface area (Å²) >= 11 is 5.56. The zero-order valence-electron chi connectivity index (χ0n) is 6.87. The van der Waals surface area contributed by atoms with Crippen molar-refractivity contribution >= 4 is 17.6 Å². The van der Waals surface area contributed by atoms with Gasteiger partial charge in [-0.3, -0.25) is 4.68 Å². The molecule has 0 aliphatic rings. The fraction of sp³-hybridized carbons (Fsp3) is 0.429. The van der Waals surface area contributed by atoms with Crippen LogP contribution in [0.2, 0.25) is 0 Å². The summed E-state index contributed by atoms with van der Waals surface area (Å²) in [5.41, 5.74) is 0.973. The number of aromatic nitrogens is 2. The number of alkyl halides is 1. The van der Waals surface area contributed by atoms with Crippen molar-refractivity contribution in [1.29, 1.82) is 0 Å². The third kappa shape index (κ3) is 1.58. The Kier molecular flexibility index (Phi) is 2.70. The van der Waals surface area contributed by atoms with E-state index in [-0.39, 0.29) is 5.88 Å². The Bertz CT molecular complexity index is 296. The van der Waals surface area contributed by atoms with Gasteiger partial charge in [-0.2, -0.15) is 5.10 Å². The third-order valence-electron chi connectivity index (χ3n) is 1.44. The number of esters is 1. The normalized spacial score (nSPS) is 9.92. The first-order chi connectivity index (χ1) is 5.69. The highest BCUT2D eigenvalue weighted by Crippen LogP contribution is 2.09. The molecule has 0 amide bonds. The van der Waals surface area contributed by atoms with Crippen LogP contribution in [0.1, 0.15) is 16.1 Å². The van der Waals surface area contributed by atoms with Crippen LogP contribution in [-0.4, -0.2) is 22.9 Å². The molecule has 0 spiro atoms. The molecule has 0 aromatic carbocycles. The number of aryl methyl sites for hydroxylation is 1. The average molecular weight is 189 g/mol. The van der Waals surface area contributed by atoms with Crippen molar-refractivity contribution in [1.82, 2.24) is 9.78 Å². The lowest BCUT2D eigenvalue weighted by molar-refractivity contribution is 0.0599. The smallest absolute Gasteiger partial charge is 0.341 e. The number of nitrogens with zero attached hydrogens (tertiary/aromatic N) is 2. The van der Waals surface area contributed by atoms with E-state index in [1.165, 1.54) is 11.8 Å². The van der Waals surface area contributed by atoms with Crippen molar-refractivity contribution in [2.24, 2.45) is 7.05 Å². The molecule has 0 saturated carbocycles. The molecule has 1 aromatic heterocycles. The largest absolute Gasteiger partial charge is 0.465 e. The highest BCUT2D eigenvalue weighted by Gasteiger charge is 2.14. The van der Waals surface area contributed by atoms with Crippen LogP contribution < -0.4 is 0 Å². The van der Waals surface area contributed by atoms with Gasteiger partial charge in [-0.05, 0) is 0 Å². The predicted octanol–water partition coefficient (Wildman–Crippen LogP) is 0.946. The van der Waals surface area contributed by atoms with Crippen LogP contribution in [0.5, 0.6) is 0 Å². The summed E-state index contributed by atoms with van der Waals surface area (Å²) in [7, 11) is 3.05. The molecular formula is C7H9ClN2O2. The SMILES string of the molecule is COC(=O)c1cn(C)nc1CCl. The Morgan fingerprint density at radius 2 is 2.50 bits per heavy atom. The molecule has 0 unspecified atom stereocenters. The molecule has 1 aromatic rings. The molecule has 1 rings (SSSR count). The molecule has 1 heterocycles. The molecule has 0 aliphatic carbocycles. The second kappa shape index (κ2) is 3.58. The summed E-state index contributed by atoms with van der Waals surface area (Å²) in [6.45, 7) is 0. The van der Waals surface area contributed by atoms with Crippen LogP contribution in [0.25, 0.3) is 0 Å². The lowest BCUT2D eigenvalue weighted by atomic mass is 10.3.